The molecule has 3 aromatic rings. The molecule has 3 rings (SSSR count). The van der Waals surface area contributed by atoms with E-state index in [0.717, 1.165) is 0 Å². The van der Waals surface area contributed by atoms with Crippen molar-refractivity contribution in [3.05, 3.63) is 58.8 Å². The third kappa shape index (κ3) is 4.19. The molecule has 0 atom stereocenters. The third-order valence-corrected chi connectivity index (χ3v) is 4.71. The molecule has 0 fully saturated rings. The summed E-state index contributed by atoms with van der Waals surface area (Å²) in [5, 5.41) is 6.87. The van der Waals surface area contributed by atoms with Crippen LogP contribution in [-0.2, 0) is 9.59 Å². The number of aromatic nitrogens is 2. The van der Waals surface area contributed by atoms with E-state index < -0.39 is 5.82 Å². The van der Waals surface area contributed by atoms with Gasteiger partial charge in [0.1, 0.15) is 5.82 Å². The molecule has 1 aromatic carbocycles. The predicted molar refractivity (Wildman–Crippen MR) is 101 cm³/mol. The van der Waals surface area contributed by atoms with Crippen molar-refractivity contribution in [1.82, 2.24) is 9.97 Å². The van der Waals surface area contributed by atoms with Gasteiger partial charge < -0.3 is 0 Å². The van der Waals surface area contributed by atoms with Gasteiger partial charge in [0.25, 0.3) is 0 Å². The standard InChI is InChI=1S/C17H13FN4O2S2/c1-11(23)22(14-5-3-2-4-13(14)18)17-20-12(10-26-17)6-7-15(24)21-16-19-8-9-25-16/h2-10H,1H3,(H,19,21,24). The number of hydrogen-bond donors (Lipinski definition) is 1. The normalized spacial score (nSPS) is 10.8. The lowest BCUT2D eigenvalue weighted by molar-refractivity contribution is -0.116. The fourth-order valence-electron chi connectivity index (χ4n) is 2.09. The highest BCUT2D eigenvalue weighted by Crippen LogP contribution is 2.30. The molecule has 2 aromatic heterocycles. The van der Waals surface area contributed by atoms with Crippen LogP contribution in [0.3, 0.4) is 0 Å². The first-order chi connectivity index (χ1) is 12.5. The Labute approximate surface area is 156 Å². The van der Waals surface area contributed by atoms with Crippen LogP contribution in [0.4, 0.5) is 20.3 Å². The minimum Gasteiger partial charge on any atom is -0.298 e. The number of rotatable bonds is 5. The number of carbonyl (C=O) groups is 2. The van der Waals surface area contributed by atoms with Gasteiger partial charge in [-0.05, 0) is 18.2 Å². The number of halogens is 1. The average molecular weight is 388 g/mol. The van der Waals surface area contributed by atoms with Crippen molar-refractivity contribution < 1.29 is 14.0 Å². The van der Waals surface area contributed by atoms with Crippen molar-refractivity contribution >= 4 is 56.5 Å². The second kappa shape index (κ2) is 7.98. The molecule has 26 heavy (non-hydrogen) atoms. The molecule has 0 radical (unpaired) electrons. The number of carbonyl (C=O) groups excluding carboxylic acids is 2. The minimum absolute atomic E-state index is 0.131. The monoisotopic (exact) mass is 388 g/mol. The van der Waals surface area contributed by atoms with Crippen LogP contribution in [0, 0.1) is 5.82 Å². The topological polar surface area (TPSA) is 75.2 Å². The summed E-state index contributed by atoms with van der Waals surface area (Å²) in [6.45, 7) is 1.34. The van der Waals surface area contributed by atoms with E-state index in [1.807, 2.05) is 0 Å². The Balaban J connectivity index is 1.77. The summed E-state index contributed by atoms with van der Waals surface area (Å²) >= 11 is 2.49. The lowest BCUT2D eigenvalue weighted by Crippen LogP contribution is -2.23. The van der Waals surface area contributed by atoms with Crippen LogP contribution >= 0.6 is 22.7 Å². The number of benzene rings is 1. The molecule has 0 saturated heterocycles. The molecular formula is C17H13FN4O2S2. The molecule has 1 N–H and O–H groups in total. The molecule has 0 saturated carbocycles. The maximum Gasteiger partial charge on any atom is 0.250 e. The summed E-state index contributed by atoms with van der Waals surface area (Å²) in [4.78, 5) is 33.3. The zero-order valence-corrected chi connectivity index (χ0v) is 15.2. The van der Waals surface area contributed by atoms with E-state index in [2.05, 4.69) is 15.3 Å². The van der Waals surface area contributed by atoms with E-state index >= 15 is 0 Å². The van der Waals surface area contributed by atoms with Crippen molar-refractivity contribution in [1.29, 1.82) is 0 Å². The molecule has 0 aliphatic rings. The smallest absolute Gasteiger partial charge is 0.250 e. The molecule has 6 nitrogen and oxygen atoms in total. The molecule has 9 heteroatoms. The van der Waals surface area contributed by atoms with Gasteiger partial charge >= 0.3 is 0 Å². The van der Waals surface area contributed by atoms with Crippen LogP contribution in [0.2, 0.25) is 0 Å². The molecule has 0 unspecified atom stereocenters. The van der Waals surface area contributed by atoms with Crippen LogP contribution in [0.5, 0.6) is 0 Å². The van der Waals surface area contributed by atoms with Gasteiger partial charge in [0.05, 0.1) is 11.4 Å². The van der Waals surface area contributed by atoms with Gasteiger partial charge in [0.2, 0.25) is 11.8 Å². The molecule has 2 heterocycles. The van der Waals surface area contributed by atoms with Crippen molar-refractivity contribution in [2.45, 2.75) is 6.92 Å². The zero-order chi connectivity index (χ0) is 18.5. The number of nitrogens with zero attached hydrogens (tertiary/aromatic N) is 3. The maximum atomic E-state index is 14.0. The van der Waals surface area contributed by atoms with Crippen molar-refractivity contribution in [2.75, 3.05) is 10.2 Å². The summed E-state index contributed by atoms with van der Waals surface area (Å²) in [7, 11) is 0. The highest BCUT2D eigenvalue weighted by Gasteiger charge is 2.20. The van der Waals surface area contributed by atoms with Crippen LogP contribution < -0.4 is 10.2 Å². The van der Waals surface area contributed by atoms with E-state index in [0.29, 0.717) is 16.0 Å². The molecule has 0 bridgehead atoms. The lowest BCUT2D eigenvalue weighted by Gasteiger charge is -2.18. The van der Waals surface area contributed by atoms with Gasteiger partial charge in [-0.15, -0.1) is 22.7 Å². The minimum atomic E-state index is -0.516. The summed E-state index contributed by atoms with van der Waals surface area (Å²) < 4.78 is 14.0. The number of anilines is 3. The lowest BCUT2D eigenvalue weighted by atomic mass is 10.3. The van der Waals surface area contributed by atoms with E-state index in [-0.39, 0.29) is 17.5 Å². The molecular weight excluding hydrogens is 375 g/mol. The van der Waals surface area contributed by atoms with E-state index in [1.54, 1.807) is 29.1 Å². The van der Waals surface area contributed by atoms with Gasteiger partial charge in [-0.3, -0.25) is 19.8 Å². The molecule has 132 valence electrons. The second-order valence-corrected chi connectivity index (χ2v) is 6.75. The summed E-state index contributed by atoms with van der Waals surface area (Å²) in [5.41, 5.74) is 0.619. The SMILES string of the molecule is CC(=O)N(c1nc(C=CC(=O)Nc2nccs2)cs1)c1ccccc1F. The van der Waals surface area contributed by atoms with Crippen LogP contribution in [0.25, 0.3) is 6.08 Å². The Hall–Kier alpha value is -2.91. The summed E-state index contributed by atoms with van der Waals surface area (Å²) in [6.07, 6.45) is 4.43. The van der Waals surface area contributed by atoms with Gasteiger partial charge in [-0.2, -0.15) is 0 Å². The second-order valence-electron chi connectivity index (χ2n) is 5.02. The van der Waals surface area contributed by atoms with Gasteiger partial charge in [-0.25, -0.2) is 14.4 Å². The number of amides is 2. The van der Waals surface area contributed by atoms with Crippen LogP contribution in [-0.4, -0.2) is 21.8 Å². The fourth-order valence-corrected chi connectivity index (χ4v) is 3.47. The van der Waals surface area contributed by atoms with E-state index in [1.165, 1.54) is 58.8 Å². The molecule has 0 aliphatic heterocycles. The van der Waals surface area contributed by atoms with E-state index in [9.17, 15) is 14.0 Å². The van der Waals surface area contributed by atoms with E-state index in [4.69, 9.17) is 0 Å². The van der Waals surface area contributed by atoms with Gasteiger partial charge in [0.15, 0.2) is 10.3 Å². The van der Waals surface area contributed by atoms with Crippen molar-refractivity contribution in [3.63, 3.8) is 0 Å². The number of thiazole rings is 2. The summed E-state index contributed by atoms with van der Waals surface area (Å²) in [5.74, 6) is -1.22. The maximum absolute atomic E-state index is 14.0. The van der Waals surface area contributed by atoms with Crippen molar-refractivity contribution in [3.8, 4) is 0 Å². The Morgan fingerprint density at radius 3 is 2.77 bits per heavy atom. The number of para-hydroxylation sites is 1. The average Bonchev–Trinajstić information content (AvgIpc) is 3.27. The molecule has 0 aliphatic carbocycles. The Morgan fingerprint density at radius 1 is 1.27 bits per heavy atom. The first-order valence-electron chi connectivity index (χ1n) is 7.44. The quantitative estimate of drug-likeness (QED) is 0.669. The Bertz CT molecular complexity index is 953. The third-order valence-electron chi connectivity index (χ3n) is 3.18. The van der Waals surface area contributed by atoms with Crippen molar-refractivity contribution in [2.24, 2.45) is 0 Å². The van der Waals surface area contributed by atoms with Gasteiger partial charge in [0, 0.05) is 30.0 Å². The predicted octanol–water partition coefficient (Wildman–Crippen LogP) is 4.08. The molecule has 0 spiro atoms. The Kier molecular flexibility index (Phi) is 5.49. The highest BCUT2D eigenvalue weighted by atomic mass is 32.1. The van der Waals surface area contributed by atoms with Gasteiger partial charge in [-0.1, -0.05) is 12.1 Å². The molecule has 2 amide bonds. The Morgan fingerprint density at radius 2 is 2.08 bits per heavy atom. The first kappa shape index (κ1) is 17.9. The summed E-state index contributed by atoms with van der Waals surface area (Å²) in [6, 6.07) is 5.98. The zero-order valence-electron chi connectivity index (χ0n) is 13.5. The van der Waals surface area contributed by atoms with Crippen LogP contribution in [0.15, 0.2) is 47.3 Å². The first-order valence-corrected chi connectivity index (χ1v) is 9.20. The number of nitrogens with one attached hydrogen (secondary N) is 1. The highest BCUT2D eigenvalue weighted by molar-refractivity contribution is 7.14. The number of hydrogen-bond acceptors (Lipinski definition) is 6. The largest absolute Gasteiger partial charge is 0.298 e. The van der Waals surface area contributed by atoms with Crippen LogP contribution in [0.1, 0.15) is 12.6 Å². The fraction of sp³-hybridized carbons (Fsp3) is 0.0588.